The Morgan fingerprint density at radius 1 is 1.17 bits per heavy atom. The van der Waals surface area contributed by atoms with Crippen molar-refractivity contribution in [2.75, 3.05) is 38.8 Å². The number of likely N-dealkylation sites (N-methyl/N-ethyl adjacent to an activating group) is 1. The van der Waals surface area contributed by atoms with Crippen molar-refractivity contribution >= 4 is 17.7 Å². The molecule has 3 aromatic rings. The fraction of sp³-hybridized carbons (Fsp3) is 0.238. The second kappa shape index (κ2) is 8.83. The first-order chi connectivity index (χ1) is 14.3. The first kappa shape index (κ1) is 21.1. The van der Waals surface area contributed by atoms with Crippen LogP contribution in [0.3, 0.4) is 0 Å². The molecule has 9 heteroatoms. The van der Waals surface area contributed by atoms with E-state index in [1.165, 1.54) is 24.1 Å². The van der Waals surface area contributed by atoms with Gasteiger partial charge in [-0.25, -0.2) is 19.3 Å². The summed E-state index contributed by atoms with van der Waals surface area (Å²) < 4.78 is 19.5. The third kappa shape index (κ3) is 4.36. The molecule has 30 heavy (non-hydrogen) atoms. The molecule has 1 amide bonds. The standard InChI is InChI=1S/C21H23FN6O2/c1-12-18(14-5-7-17(23)25-11-14)19(27-21(24)26-12)13-4-6-16(22)15(10-13)20(29)28(2)8-9-30-3/h4-7,10-11H,8-9H2,1-3H3,(H2,23,25)(H2,24,26,27). The maximum Gasteiger partial charge on any atom is 0.256 e. The number of hydrogen-bond acceptors (Lipinski definition) is 7. The fourth-order valence-electron chi connectivity index (χ4n) is 3.07. The summed E-state index contributed by atoms with van der Waals surface area (Å²) in [6, 6.07) is 7.72. The van der Waals surface area contributed by atoms with Crippen LogP contribution in [-0.4, -0.2) is 53.1 Å². The summed E-state index contributed by atoms with van der Waals surface area (Å²) in [5, 5.41) is 0. The molecule has 0 saturated carbocycles. The van der Waals surface area contributed by atoms with E-state index >= 15 is 0 Å². The molecule has 0 radical (unpaired) electrons. The van der Waals surface area contributed by atoms with E-state index in [0.29, 0.717) is 41.5 Å². The SMILES string of the molecule is COCCN(C)C(=O)c1cc(-c2nc(N)nc(C)c2-c2ccc(N)nc2)ccc1F. The number of anilines is 2. The molecule has 0 aliphatic heterocycles. The van der Waals surface area contributed by atoms with E-state index in [2.05, 4.69) is 15.0 Å². The van der Waals surface area contributed by atoms with Crippen LogP contribution < -0.4 is 11.5 Å². The first-order valence-electron chi connectivity index (χ1n) is 9.22. The smallest absolute Gasteiger partial charge is 0.256 e. The Kier molecular flexibility index (Phi) is 6.22. The van der Waals surface area contributed by atoms with Crippen LogP contribution in [-0.2, 0) is 4.74 Å². The number of hydrogen-bond donors (Lipinski definition) is 2. The lowest BCUT2D eigenvalue weighted by Crippen LogP contribution is -2.30. The highest BCUT2D eigenvalue weighted by molar-refractivity contribution is 5.96. The third-order valence-corrected chi connectivity index (χ3v) is 4.63. The largest absolute Gasteiger partial charge is 0.384 e. The van der Waals surface area contributed by atoms with E-state index in [9.17, 15) is 9.18 Å². The average molecular weight is 410 g/mol. The molecule has 0 fully saturated rings. The molecule has 0 saturated heterocycles. The zero-order chi connectivity index (χ0) is 21.8. The Morgan fingerprint density at radius 3 is 2.57 bits per heavy atom. The summed E-state index contributed by atoms with van der Waals surface area (Å²) in [5.41, 5.74) is 14.5. The van der Waals surface area contributed by atoms with Crippen molar-refractivity contribution in [2.45, 2.75) is 6.92 Å². The number of amides is 1. The molecule has 2 heterocycles. The number of benzene rings is 1. The summed E-state index contributed by atoms with van der Waals surface area (Å²) in [4.78, 5) is 26.9. The number of nitrogens with two attached hydrogens (primary N) is 2. The molecule has 156 valence electrons. The number of ether oxygens (including phenoxy) is 1. The highest BCUT2D eigenvalue weighted by Crippen LogP contribution is 2.34. The normalized spacial score (nSPS) is 10.8. The lowest BCUT2D eigenvalue weighted by molar-refractivity contribution is 0.0740. The van der Waals surface area contributed by atoms with E-state index in [0.717, 1.165) is 5.56 Å². The molecule has 4 N–H and O–H groups in total. The molecular formula is C21H23FN6O2. The summed E-state index contributed by atoms with van der Waals surface area (Å²) in [6.45, 7) is 2.47. The van der Waals surface area contributed by atoms with E-state index < -0.39 is 11.7 Å². The summed E-state index contributed by atoms with van der Waals surface area (Å²) in [5.74, 6) is -0.629. The number of aryl methyl sites for hydroxylation is 1. The topological polar surface area (TPSA) is 120 Å². The number of halogens is 1. The maximum atomic E-state index is 14.5. The van der Waals surface area contributed by atoms with Crippen molar-refractivity contribution in [1.82, 2.24) is 19.9 Å². The van der Waals surface area contributed by atoms with Gasteiger partial charge in [-0.3, -0.25) is 4.79 Å². The van der Waals surface area contributed by atoms with Gasteiger partial charge in [0.2, 0.25) is 5.95 Å². The minimum absolute atomic E-state index is 0.0673. The minimum atomic E-state index is -0.623. The number of nitrogens with zero attached hydrogens (tertiary/aromatic N) is 4. The Balaban J connectivity index is 2.12. The number of rotatable bonds is 6. The van der Waals surface area contributed by atoms with Gasteiger partial charge in [0.1, 0.15) is 11.6 Å². The number of aromatic nitrogens is 3. The maximum absolute atomic E-state index is 14.5. The molecule has 0 aliphatic rings. The summed E-state index contributed by atoms with van der Waals surface area (Å²) >= 11 is 0. The average Bonchev–Trinajstić information content (AvgIpc) is 2.72. The molecule has 8 nitrogen and oxygen atoms in total. The van der Waals surface area contributed by atoms with Gasteiger partial charge in [0, 0.05) is 43.6 Å². The van der Waals surface area contributed by atoms with Crippen LogP contribution in [0.4, 0.5) is 16.2 Å². The molecular weight excluding hydrogens is 387 g/mol. The fourth-order valence-corrected chi connectivity index (χ4v) is 3.07. The summed E-state index contributed by atoms with van der Waals surface area (Å²) in [7, 11) is 3.13. The molecule has 0 atom stereocenters. The first-order valence-corrected chi connectivity index (χ1v) is 9.22. The van der Waals surface area contributed by atoms with Gasteiger partial charge in [-0.05, 0) is 37.3 Å². The molecule has 0 unspecified atom stereocenters. The molecule has 0 aliphatic carbocycles. The van der Waals surface area contributed by atoms with E-state index in [1.807, 2.05) is 0 Å². The van der Waals surface area contributed by atoms with E-state index in [-0.39, 0.29) is 11.5 Å². The number of carbonyl (C=O) groups is 1. The molecule has 2 aromatic heterocycles. The van der Waals surface area contributed by atoms with Crippen molar-refractivity contribution in [3.8, 4) is 22.4 Å². The second-order valence-electron chi connectivity index (χ2n) is 6.78. The van der Waals surface area contributed by atoms with Crippen molar-refractivity contribution in [3.05, 3.63) is 53.6 Å². The Hall–Kier alpha value is -3.59. The molecule has 0 bridgehead atoms. The zero-order valence-corrected chi connectivity index (χ0v) is 17.0. The number of methoxy groups -OCH3 is 1. The van der Waals surface area contributed by atoms with Gasteiger partial charge < -0.3 is 21.1 Å². The summed E-state index contributed by atoms with van der Waals surface area (Å²) in [6.07, 6.45) is 1.61. The number of nitrogen functional groups attached to an aromatic ring is 2. The van der Waals surface area contributed by atoms with Crippen LogP contribution in [0.5, 0.6) is 0 Å². The second-order valence-corrected chi connectivity index (χ2v) is 6.78. The molecule has 0 spiro atoms. The predicted octanol–water partition coefficient (Wildman–Crippen LogP) is 2.54. The highest BCUT2D eigenvalue weighted by atomic mass is 19.1. The monoisotopic (exact) mass is 410 g/mol. The Bertz CT molecular complexity index is 1070. The van der Waals surface area contributed by atoms with E-state index in [1.54, 1.807) is 38.4 Å². The van der Waals surface area contributed by atoms with Crippen LogP contribution in [0, 0.1) is 12.7 Å². The van der Waals surface area contributed by atoms with Crippen LogP contribution in [0.25, 0.3) is 22.4 Å². The number of pyridine rings is 1. The Morgan fingerprint density at radius 2 is 1.90 bits per heavy atom. The van der Waals surface area contributed by atoms with Crippen LogP contribution in [0.2, 0.25) is 0 Å². The lowest BCUT2D eigenvalue weighted by Gasteiger charge is -2.18. The highest BCUT2D eigenvalue weighted by Gasteiger charge is 2.20. The molecule has 1 aromatic carbocycles. The lowest BCUT2D eigenvalue weighted by atomic mass is 9.97. The van der Waals surface area contributed by atoms with Gasteiger partial charge in [-0.15, -0.1) is 0 Å². The van der Waals surface area contributed by atoms with Gasteiger partial charge in [-0.1, -0.05) is 0 Å². The van der Waals surface area contributed by atoms with Gasteiger partial charge in [0.25, 0.3) is 5.91 Å². The third-order valence-electron chi connectivity index (χ3n) is 4.63. The van der Waals surface area contributed by atoms with E-state index in [4.69, 9.17) is 16.2 Å². The van der Waals surface area contributed by atoms with Crippen LogP contribution >= 0.6 is 0 Å². The zero-order valence-electron chi connectivity index (χ0n) is 17.0. The quantitative estimate of drug-likeness (QED) is 0.641. The predicted molar refractivity (Wildman–Crippen MR) is 113 cm³/mol. The van der Waals surface area contributed by atoms with Crippen LogP contribution in [0.15, 0.2) is 36.5 Å². The van der Waals surface area contributed by atoms with Crippen molar-refractivity contribution < 1.29 is 13.9 Å². The van der Waals surface area contributed by atoms with Crippen LogP contribution in [0.1, 0.15) is 16.1 Å². The van der Waals surface area contributed by atoms with Crippen molar-refractivity contribution in [2.24, 2.45) is 0 Å². The Labute approximate surface area is 173 Å². The van der Waals surface area contributed by atoms with Crippen molar-refractivity contribution in [3.63, 3.8) is 0 Å². The molecule has 3 rings (SSSR count). The van der Waals surface area contributed by atoms with Gasteiger partial charge in [0.05, 0.1) is 23.6 Å². The number of carbonyl (C=O) groups excluding carboxylic acids is 1. The van der Waals surface area contributed by atoms with Gasteiger partial charge in [-0.2, -0.15) is 0 Å². The van der Waals surface area contributed by atoms with Crippen molar-refractivity contribution in [1.29, 1.82) is 0 Å². The van der Waals surface area contributed by atoms with Gasteiger partial charge >= 0.3 is 0 Å². The minimum Gasteiger partial charge on any atom is -0.384 e. The van der Waals surface area contributed by atoms with Gasteiger partial charge in [0.15, 0.2) is 0 Å².